The topological polar surface area (TPSA) is 75.6 Å². The van der Waals surface area contributed by atoms with Gasteiger partial charge in [0.05, 0.1) is 7.11 Å². The van der Waals surface area contributed by atoms with E-state index in [2.05, 4.69) is 4.74 Å². The SMILES string of the molecule is COC(=O)C(F)(F)NS(=O)O. The number of esters is 1. The van der Waals surface area contributed by atoms with Crippen molar-refractivity contribution >= 4 is 17.2 Å². The van der Waals surface area contributed by atoms with Crippen molar-refractivity contribution in [2.45, 2.75) is 6.05 Å². The first-order valence-electron chi connectivity index (χ1n) is 2.25. The molecule has 2 N–H and O–H groups in total. The molecule has 1 atom stereocenters. The fourth-order valence-corrected chi connectivity index (χ4v) is 0.582. The molecular formula is C3H5F2NO4S. The lowest BCUT2D eigenvalue weighted by Crippen LogP contribution is -2.45. The van der Waals surface area contributed by atoms with E-state index in [4.69, 9.17) is 4.55 Å². The van der Waals surface area contributed by atoms with Crippen molar-refractivity contribution in [3.63, 3.8) is 0 Å². The van der Waals surface area contributed by atoms with E-state index in [1.54, 1.807) is 0 Å². The Morgan fingerprint density at radius 2 is 2.18 bits per heavy atom. The molecule has 66 valence electrons. The molecule has 0 fully saturated rings. The summed E-state index contributed by atoms with van der Waals surface area (Å²) in [5, 5.41) is 0. The molecule has 0 aliphatic heterocycles. The Hall–Kier alpha value is -0.600. The first-order valence-corrected chi connectivity index (χ1v) is 3.35. The minimum absolute atomic E-state index is 0.734. The second kappa shape index (κ2) is 3.69. The molecule has 0 aromatic carbocycles. The normalized spacial score (nSPS) is 14.2. The Morgan fingerprint density at radius 3 is 2.45 bits per heavy atom. The van der Waals surface area contributed by atoms with Gasteiger partial charge in [-0.05, 0) is 0 Å². The van der Waals surface area contributed by atoms with Crippen molar-refractivity contribution in [3.8, 4) is 0 Å². The monoisotopic (exact) mass is 189 g/mol. The number of carbonyl (C=O) groups excluding carboxylic acids is 1. The zero-order valence-electron chi connectivity index (χ0n) is 5.34. The maximum Gasteiger partial charge on any atom is 0.411 e. The van der Waals surface area contributed by atoms with Crippen LogP contribution in [0.25, 0.3) is 0 Å². The molecule has 0 saturated heterocycles. The van der Waals surface area contributed by atoms with Gasteiger partial charge in [0.15, 0.2) is 0 Å². The van der Waals surface area contributed by atoms with Crippen LogP contribution < -0.4 is 4.72 Å². The summed E-state index contributed by atoms with van der Waals surface area (Å²) in [5.74, 6) is -1.92. The number of nitrogens with one attached hydrogen (secondary N) is 1. The first kappa shape index (κ1) is 10.4. The maximum absolute atomic E-state index is 12.1. The Balaban J connectivity index is 4.21. The van der Waals surface area contributed by atoms with Gasteiger partial charge in [0, 0.05) is 0 Å². The fraction of sp³-hybridized carbons (Fsp3) is 0.667. The van der Waals surface area contributed by atoms with Crippen molar-refractivity contribution in [3.05, 3.63) is 0 Å². The van der Waals surface area contributed by atoms with Crippen LogP contribution in [0, 0.1) is 0 Å². The third kappa shape index (κ3) is 3.35. The minimum Gasteiger partial charge on any atom is -0.463 e. The van der Waals surface area contributed by atoms with Gasteiger partial charge in [-0.3, -0.25) is 4.55 Å². The van der Waals surface area contributed by atoms with Crippen LogP contribution in [-0.2, 0) is 20.8 Å². The van der Waals surface area contributed by atoms with E-state index < -0.39 is 23.3 Å². The lowest BCUT2D eigenvalue weighted by atomic mass is 10.6. The summed E-state index contributed by atoms with van der Waals surface area (Å²) in [7, 11) is 0.734. The highest BCUT2D eigenvalue weighted by atomic mass is 32.2. The lowest BCUT2D eigenvalue weighted by molar-refractivity contribution is -0.170. The Kier molecular flexibility index (Phi) is 3.49. The van der Waals surface area contributed by atoms with Gasteiger partial charge in [-0.25, -0.2) is 9.00 Å². The van der Waals surface area contributed by atoms with Crippen molar-refractivity contribution in [1.29, 1.82) is 0 Å². The highest BCUT2D eigenvalue weighted by Crippen LogP contribution is 2.10. The second-order valence-corrected chi connectivity index (χ2v) is 2.12. The maximum atomic E-state index is 12.1. The summed E-state index contributed by atoms with van der Waals surface area (Å²) >= 11 is -2.96. The third-order valence-corrected chi connectivity index (χ3v) is 1.09. The number of rotatable bonds is 3. The standard InChI is InChI=1S/C3H5F2NO4S/c1-10-2(7)3(4,5)6-11(8)9/h6H,1H3,(H,8,9). The molecule has 0 aromatic rings. The molecule has 5 nitrogen and oxygen atoms in total. The molecule has 0 aliphatic carbocycles. The molecule has 0 heterocycles. The summed E-state index contributed by atoms with van der Waals surface area (Å²) in [4.78, 5) is 10.1. The van der Waals surface area contributed by atoms with E-state index >= 15 is 0 Å². The highest BCUT2D eigenvalue weighted by Gasteiger charge is 2.41. The van der Waals surface area contributed by atoms with Crippen LogP contribution in [0.5, 0.6) is 0 Å². The van der Waals surface area contributed by atoms with Crippen LogP contribution >= 0.6 is 0 Å². The molecule has 0 aliphatic rings. The number of hydrogen-bond donors (Lipinski definition) is 2. The molecule has 0 radical (unpaired) electrons. The highest BCUT2D eigenvalue weighted by molar-refractivity contribution is 7.77. The summed E-state index contributed by atoms with van der Waals surface area (Å²) in [6, 6.07) is -4.13. The summed E-state index contributed by atoms with van der Waals surface area (Å²) in [5.41, 5.74) is 0. The van der Waals surface area contributed by atoms with Crippen molar-refractivity contribution in [2.75, 3.05) is 7.11 Å². The smallest absolute Gasteiger partial charge is 0.411 e. The van der Waals surface area contributed by atoms with E-state index in [1.165, 1.54) is 0 Å². The molecule has 0 saturated carbocycles. The van der Waals surface area contributed by atoms with Gasteiger partial charge >= 0.3 is 12.0 Å². The molecule has 1 unspecified atom stereocenters. The average Bonchev–Trinajstić information content (AvgIpc) is 1.83. The Bertz CT molecular complexity index is 184. The number of halogens is 2. The Labute approximate surface area is 63.1 Å². The molecule has 0 rings (SSSR count). The second-order valence-electron chi connectivity index (χ2n) is 1.42. The molecule has 0 aromatic heterocycles. The van der Waals surface area contributed by atoms with Crippen LogP contribution in [0.3, 0.4) is 0 Å². The van der Waals surface area contributed by atoms with E-state index in [0.717, 1.165) is 11.8 Å². The van der Waals surface area contributed by atoms with Crippen LogP contribution in [0.1, 0.15) is 0 Å². The van der Waals surface area contributed by atoms with Crippen molar-refractivity contribution < 1.29 is 27.1 Å². The van der Waals surface area contributed by atoms with Crippen LogP contribution in [-0.4, -0.2) is 27.9 Å². The lowest BCUT2D eigenvalue weighted by Gasteiger charge is -2.11. The zero-order valence-corrected chi connectivity index (χ0v) is 6.15. The van der Waals surface area contributed by atoms with Gasteiger partial charge < -0.3 is 4.74 Å². The molecular weight excluding hydrogens is 184 g/mol. The molecule has 0 spiro atoms. The van der Waals surface area contributed by atoms with Crippen LogP contribution in [0.2, 0.25) is 0 Å². The first-order chi connectivity index (χ1) is 4.90. The molecule has 0 amide bonds. The van der Waals surface area contributed by atoms with Gasteiger partial charge in [-0.1, -0.05) is 0 Å². The number of hydrogen-bond acceptors (Lipinski definition) is 3. The number of carbonyl (C=O) groups is 1. The summed E-state index contributed by atoms with van der Waals surface area (Å²) in [6.45, 7) is 0. The minimum atomic E-state index is -4.13. The summed E-state index contributed by atoms with van der Waals surface area (Å²) < 4.78 is 46.3. The van der Waals surface area contributed by atoms with Crippen molar-refractivity contribution in [1.82, 2.24) is 4.72 Å². The van der Waals surface area contributed by atoms with Gasteiger partial charge in [0.2, 0.25) is 11.3 Å². The number of ether oxygens (including phenoxy) is 1. The van der Waals surface area contributed by atoms with E-state index in [-0.39, 0.29) is 0 Å². The summed E-state index contributed by atoms with van der Waals surface area (Å²) in [6.07, 6.45) is 0. The predicted molar refractivity (Wildman–Crippen MR) is 30.9 cm³/mol. The van der Waals surface area contributed by atoms with Gasteiger partial charge in [0.1, 0.15) is 0 Å². The van der Waals surface area contributed by atoms with E-state index in [0.29, 0.717) is 0 Å². The van der Waals surface area contributed by atoms with E-state index in [9.17, 15) is 17.8 Å². The number of methoxy groups -OCH3 is 1. The van der Waals surface area contributed by atoms with Gasteiger partial charge in [-0.15, -0.1) is 4.72 Å². The van der Waals surface area contributed by atoms with Crippen molar-refractivity contribution in [2.24, 2.45) is 0 Å². The third-order valence-electron chi connectivity index (χ3n) is 0.657. The predicted octanol–water partition coefficient (Wildman–Crippen LogP) is -0.521. The molecule has 11 heavy (non-hydrogen) atoms. The molecule has 8 heteroatoms. The largest absolute Gasteiger partial charge is 0.463 e. The fourth-order valence-electron chi connectivity index (χ4n) is 0.280. The van der Waals surface area contributed by atoms with Gasteiger partial charge in [-0.2, -0.15) is 8.78 Å². The average molecular weight is 189 g/mol. The molecule has 0 bridgehead atoms. The van der Waals surface area contributed by atoms with Crippen LogP contribution in [0.4, 0.5) is 8.78 Å². The Morgan fingerprint density at radius 1 is 1.73 bits per heavy atom. The van der Waals surface area contributed by atoms with Gasteiger partial charge in [0.25, 0.3) is 0 Å². The van der Waals surface area contributed by atoms with Crippen LogP contribution in [0.15, 0.2) is 0 Å². The quantitative estimate of drug-likeness (QED) is 0.356. The zero-order chi connectivity index (χ0) is 9.07. The number of alkyl halides is 2. The van der Waals surface area contributed by atoms with E-state index in [1.807, 2.05) is 0 Å².